The van der Waals surface area contributed by atoms with E-state index in [-0.39, 0.29) is 12.0 Å². The molecule has 0 saturated heterocycles. The first-order chi connectivity index (χ1) is 12.3. The number of carbonyl (C=O) groups is 1. The van der Waals surface area contributed by atoms with E-state index >= 15 is 0 Å². The van der Waals surface area contributed by atoms with Crippen LogP contribution in [0.2, 0.25) is 0 Å². The van der Waals surface area contributed by atoms with Gasteiger partial charge in [0.15, 0.2) is 0 Å². The lowest BCUT2D eigenvalue weighted by atomic mass is 9.92. The summed E-state index contributed by atoms with van der Waals surface area (Å²) in [7, 11) is 0. The first kappa shape index (κ1) is 22.0. The van der Waals surface area contributed by atoms with Crippen LogP contribution in [0.4, 0.5) is 5.69 Å². The zero-order chi connectivity index (χ0) is 19.7. The molecule has 0 spiro atoms. The summed E-state index contributed by atoms with van der Waals surface area (Å²) in [6, 6.07) is 7.28. The van der Waals surface area contributed by atoms with Gasteiger partial charge in [0, 0.05) is 12.7 Å². The fraction of sp³-hybridized carbons (Fsp3) is 0.619. The Bertz CT molecular complexity index is 637. The minimum Gasteiger partial charge on any atom is -0.491 e. The van der Waals surface area contributed by atoms with Crippen molar-refractivity contribution in [3.05, 3.63) is 23.8 Å². The summed E-state index contributed by atoms with van der Waals surface area (Å²) in [5.74, 6) is 0.706. The maximum atomic E-state index is 12.9. The molecule has 1 rings (SSSR count). The second kappa shape index (κ2) is 10.2. The third-order valence-electron chi connectivity index (χ3n) is 4.17. The molecule has 0 saturated carbocycles. The van der Waals surface area contributed by atoms with Crippen LogP contribution in [-0.4, -0.2) is 24.2 Å². The van der Waals surface area contributed by atoms with Crippen LogP contribution in [-0.2, 0) is 9.53 Å². The van der Waals surface area contributed by atoms with Crippen LogP contribution in [0.1, 0.15) is 66.4 Å². The number of nitrogens with one attached hydrogen (secondary N) is 1. The number of carbonyl (C=O) groups excluding carboxylic acids is 1. The van der Waals surface area contributed by atoms with Crippen molar-refractivity contribution < 1.29 is 14.3 Å². The molecule has 0 fully saturated rings. The van der Waals surface area contributed by atoms with Gasteiger partial charge in [-0.1, -0.05) is 27.7 Å². The van der Waals surface area contributed by atoms with E-state index in [0.29, 0.717) is 35.9 Å². The molecule has 0 heterocycles. The van der Waals surface area contributed by atoms with Gasteiger partial charge in [0.25, 0.3) is 5.91 Å². The second-order valence-corrected chi connectivity index (χ2v) is 7.29. The predicted octanol–water partition coefficient (Wildman–Crippen LogP) is 4.91. The van der Waals surface area contributed by atoms with Crippen molar-refractivity contribution in [1.29, 1.82) is 5.26 Å². The van der Waals surface area contributed by atoms with E-state index in [1.807, 2.05) is 27.7 Å². The van der Waals surface area contributed by atoms with Crippen molar-refractivity contribution in [2.45, 2.75) is 72.5 Å². The summed E-state index contributed by atoms with van der Waals surface area (Å²) in [5, 5.41) is 12.3. The molecule has 0 unspecified atom stereocenters. The molecular formula is C21H32N2O3. The van der Waals surface area contributed by atoms with Gasteiger partial charge >= 0.3 is 0 Å². The number of hydrogen-bond acceptors (Lipinski definition) is 4. The average molecular weight is 360 g/mol. The highest BCUT2D eigenvalue weighted by atomic mass is 16.5. The van der Waals surface area contributed by atoms with Gasteiger partial charge < -0.3 is 14.8 Å². The predicted molar refractivity (Wildman–Crippen MR) is 104 cm³/mol. The molecule has 0 aromatic heterocycles. The molecule has 0 aliphatic carbocycles. The molecule has 0 radical (unpaired) electrons. The summed E-state index contributed by atoms with van der Waals surface area (Å²) in [4.78, 5) is 12.9. The quantitative estimate of drug-likeness (QED) is 0.644. The Morgan fingerprint density at radius 3 is 2.54 bits per heavy atom. The minimum absolute atomic E-state index is 0.0683. The Labute approximate surface area is 157 Å². The van der Waals surface area contributed by atoms with Crippen LogP contribution in [0.15, 0.2) is 18.2 Å². The third kappa shape index (κ3) is 6.34. The van der Waals surface area contributed by atoms with Crippen molar-refractivity contribution >= 4 is 11.6 Å². The Morgan fingerprint density at radius 2 is 2.00 bits per heavy atom. The largest absolute Gasteiger partial charge is 0.491 e. The Hall–Kier alpha value is -2.06. The van der Waals surface area contributed by atoms with Crippen LogP contribution in [0.3, 0.4) is 0 Å². The molecular weight excluding hydrogens is 328 g/mol. The second-order valence-electron chi connectivity index (χ2n) is 7.29. The molecule has 0 aliphatic heterocycles. The maximum Gasteiger partial charge on any atom is 0.256 e. The van der Waals surface area contributed by atoms with Gasteiger partial charge in [0.2, 0.25) is 0 Å². The third-order valence-corrected chi connectivity index (χ3v) is 4.17. The smallest absolute Gasteiger partial charge is 0.256 e. The van der Waals surface area contributed by atoms with E-state index in [4.69, 9.17) is 9.47 Å². The van der Waals surface area contributed by atoms with E-state index in [1.54, 1.807) is 18.2 Å². The normalized spacial score (nSPS) is 14.4. The fourth-order valence-corrected chi connectivity index (χ4v) is 2.69. The number of anilines is 1. The lowest BCUT2D eigenvalue weighted by molar-refractivity contribution is -0.141. The van der Waals surface area contributed by atoms with E-state index in [9.17, 15) is 10.1 Å². The average Bonchev–Trinajstić information content (AvgIpc) is 2.60. The van der Waals surface area contributed by atoms with E-state index < -0.39 is 5.60 Å². The number of hydrogen-bond donors (Lipinski definition) is 1. The van der Waals surface area contributed by atoms with Gasteiger partial charge in [-0.15, -0.1) is 0 Å². The lowest BCUT2D eigenvalue weighted by Gasteiger charge is -2.30. The molecule has 1 amide bonds. The first-order valence-electron chi connectivity index (χ1n) is 9.41. The highest BCUT2D eigenvalue weighted by Gasteiger charge is 2.35. The number of nitrogens with zero attached hydrogens (tertiary/aromatic N) is 1. The molecule has 5 heteroatoms. The molecule has 1 aromatic rings. The molecule has 5 nitrogen and oxygen atoms in total. The number of nitriles is 1. The first-order valence-corrected chi connectivity index (χ1v) is 9.41. The van der Waals surface area contributed by atoms with Crippen molar-refractivity contribution in [1.82, 2.24) is 0 Å². The standard InChI is InChI=1S/C21H32N2O3/c1-7-11-25-21(6,13-15(3)4)20(24)23-19-10-9-18(12-17(19)14-22)26-16(5)8-2/h9-10,12,15-16H,7-8,11,13H2,1-6H3,(H,23,24)/t16-,21-/m0/s1. The van der Waals surface area contributed by atoms with Crippen LogP contribution in [0, 0.1) is 17.2 Å². The number of rotatable bonds is 10. The Kier molecular flexibility index (Phi) is 8.60. The van der Waals surface area contributed by atoms with Gasteiger partial charge in [-0.2, -0.15) is 5.26 Å². The topological polar surface area (TPSA) is 71.3 Å². The number of ether oxygens (including phenoxy) is 2. The van der Waals surface area contributed by atoms with Crippen molar-refractivity contribution in [3.63, 3.8) is 0 Å². The van der Waals surface area contributed by atoms with Crippen LogP contribution in [0.5, 0.6) is 5.75 Å². The lowest BCUT2D eigenvalue weighted by Crippen LogP contribution is -2.44. The summed E-state index contributed by atoms with van der Waals surface area (Å²) < 4.78 is 11.6. The van der Waals surface area contributed by atoms with Crippen LogP contribution >= 0.6 is 0 Å². The Morgan fingerprint density at radius 1 is 1.31 bits per heavy atom. The summed E-state index contributed by atoms with van der Waals surface area (Å²) >= 11 is 0. The zero-order valence-corrected chi connectivity index (χ0v) is 16.9. The molecule has 0 aliphatic rings. The molecule has 26 heavy (non-hydrogen) atoms. The van der Waals surface area contributed by atoms with E-state index in [1.165, 1.54) is 0 Å². The Balaban J connectivity index is 3.00. The summed E-state index contributed by atoms with van der Waals surface area (Å²) in [6.45, 7) is 12.5. The monoisotopic (exact) mass is 360 g/mol. The van der Waals surface area contributed by atoms with E-state index in [2.05, 4.69) is 25.2 Å². The van der Waals surface area contributed by atoms with Crippen LogP contribution < -0.4 is 10.1 Å². The highest BCUT2D eigenvalue weighted by Crippen LogP contribution is 2.27. The van der Waals surface area contributed by atoms with Crippen LogP contribution in [0.25, 0.3) is 0 Å². The zero-order valence-electron chi connectivity index (χ0n) is 16.9. The molecule has 2 atom stereocenters. The van der Waals surface area contributed by atoms with Gasteiger partial charge in [-0.3, -0.25) is 4.79 Å². The maximum absolute atomic E-state index is 12.9. The summed E-state index contributed by atoms with van der Waals surface area (Å²) in [6.07, 6.45) is 2.39. The molecule has 0 bridgehead atoms. The van der Waals surface area contributed by atoms with Gasteiger partial charge in [-0.25, -0.2) is 0 Å². The van der Waals surface area contributed by atoms with E-state index in [0.717, 1.165) is 12.8 Å². The molecule has 1 N–H and O–H groups in total. The van der Waals surface area contributed by atoms with Gasteiger partial charge in [-0.05, 0) is 51.2 Å². The SMILES string of the molecule is CCCO[C@@](C)(CC(C)C)C(=O)Nc1ccc(O[C@@H](C)CC)cc1C#N. The fourth-order valence-electron chi connectivity index (χ4n) is 2.69. The van der Waals surface area contributed by atoms with Crippen molar-refractivity contribution in [2.75, 3.05) is 11.9 Å². The minimum atomic E-state index is -0.928. The van der Waals surface area contributed by atoms with Crippen molar-refractivity contribution in [2.24, 2.45) is 5.92 Å². The summed E-state index contributed by atoms with van der Waals surface area (Å²) in [5.41, 5.74) is -0.0754. The highest BCUT2D eigenvalue weighted by molar-refractivity contribution is 5.98. The molecule has 1 aromatic carbocycles. The van der Waals surface area contributed by atoms with Crippen molar-refractivity contribution in [3.8, 4) is 11.8 Å². The number of amides is 1. The van der Waals surface area contributed by atoms with Gasteiger partial charge in [0.1, 0.15) is 17.4 Å². The number of benzene rings is 1. The molecule has 144 valence electrons. The van der Waals surface area contributed by atoms with Gasteiger partial charge in [0.05, 0.1) is 17.4 Å².